The summed E-state index contributed by atoms with van der Waals surface area (Å²) in [6, 6.07) is 3.23. The molecule has 0 saturated heterocycles. The number of halogens is 1. The lowest BCUT2D eigenvalue weighted by molar-refractivity contribution is 0.102. The maximum absolute atomic E-state index is 12.0. The minimum atomic E-state index is -0.340. The van der Waals surface area contributed by atoms with Crippen LogP contribution in [0, 0.1) is 6.92 Å². The third-order valence-corrected chi connectivity index (χ3v) is 2.64. The molecule has 0 aliphatic rings. The predicted molar refractivity (Wildman–Crippen MR) is 70.6 cm³/mol. The van der Waals surface area contributed by atoms with Crippen molar-refractivity contribution in [2.45, 2.75) is 6.92 Å². The summed E-state index contributed by atoms with van der Waals surface area (Å²) in [5.74, 6) is -0.340. The molecule has 0 spiro atoms. The second kappa shape index (κ2) is 5.01. The van der Waals surface area contributed by atoms with Crippen LogP contribution >= 0.6 is 11.6 Å². The normalized spacial score (nSPS) is 10.1. The Morgan fingerprint density at radius 2 is 2.22 bits per heavy atom. The summed E-state index contributed by atoms with van der Waals surface area (Å²) >= 11 is 5.74. The molecule has 2 rings (SSSR count). The van der Waals surface area contributed by atoms with Gasteiger partial charge in [0.25, 0.3) is 5.91 Å². The number of amides is 1. The number of carbonyl (C=O) groups is 1. The van der Waals surface area contributed by atoms with Gasteiger partial charge in [0.1, 0.15) is 5.15 Å². The van der Waals surface area contributed by atoms with Gasteiger partial charge in [0.2, 0.25) is 0 Å². The number of aryl methyl sites for hydroxylation is 1. The summed E-state index contributed by atoms with van der Waals surface area (Å²) in [6.07, 6.45) is 4.59. The molecule has 0 aromatic carbocycles. The quantitative estimate of drug-likeness (QED) is 0.814. The number of pyridine rings is 2. The Bertz CT molecular complexity index is 600. The number of rotatable bonds is 2. The van der Waals surface area contributed by atoms with Gasteiger partial charge >= 0.3 is 0 Å². The standard InChI is InChI=1S/C12H11ClN4O/c1-7-2-3-15-6-10(7)17-12(18)8-4-11(13)16-5-9(8)14/h2-6H,14H2,1H3,(H,17,18). The Morgan fingerprint density at radius 3 is 2.94 bits per heavy atom. The highest BCUT2D eigenvalue weighted by Gasteiger charge is 2.12. The number of nitrogens with zero attached hydrogens (tertiary/aromatic N) is 2. The first kappa shape index (κ1) is 12.3. The van der Waals surface area contributed by atoms with Gasteiger partial charge < -0.3 is 11.1 Å². The highest BCUT2D eigenvalue weighted by atomic mass is 35.5. The van der Waals surface area contributed by atoms with Gasteiger partial charge in [-0.2, -0.15) is 0 Å². The molecule has 18 heavy (non-hydrogen) atoms. The van der Waals surface area contributed by atoms with E-state index in [4.69, 9.17) is 17.3 Å². The number of anilines is 2. The second-order valence-corrected chi connectivity index (χ2v) is 4.13. The molecule has 2 aromatic heterocycles. The zero-order chi connectivity index (χ0) is 13.1. The smallest absolute Gasteiger partial charge is 0.257 e. The fraction of sp³-hybridized carbons (Fsp3) is 0.0833. The molecule has 2 heterocycles. The van der Waals surface area contributed by atoms with Crippen LogP contribution in [0.1, 0.15) is 15.9 Å². The van der Waals surface area contributed by atoms with Crippen LogP contribution < -0.4 is 11.1 Å². The number of aromatic nitrogens is 2. The monoisotopic (exact) mass is 262 g/mol. The molecule has 1 amide bonds. The Kier molecular flexibility index (Phi) is 3.43. The predicted octanol–water partition coefficient (Wildman–Crippen LogP) is 2.27. The molecular formula is C12H11ClN4O. The molecule has 0 radical (unpaired) electrons. The fourth-order valence-electron chi connectivity index (χ4n) is 1.42. The molecular weight excluding hydrogens is 252 g/mol. The van der Waals surface area contributed by atoms with Crippen LogP contribution in [0.5, 0.6) is 0 Å². The van der Waals surface area contributed by atoms with Crippen LogP contribution in [0.25, 0.3) is 0 Å². The van der Waals surface area contributed by atoms with Gasteiger partial charge in [-0.15, -0.1) is 0 Å². The van der Waals surface area contributed by atoms with E-state index in [1.807, 2.05) is 6.92 Å². The molecule has 6 heteroatoms. The summed E-state index contributed by atoms with van der Waals surface area (Å²) in [5, 5.41) is 2.95. The van der Waals surface area contributed by atoms with Crippen LogP contribution in [0.15, 0.2) is 30.7 Å². The van der Waals surface area contributed by atoms with Crippen molar-refractivity contribution in [1.82, 2.24) is 9.97 Å². The van der Waals surface area contributed by atoms with Crippen molar-refractivity contribution in [1.29, 1.82) is 0 Å². The van der Waals surface area contributed by atoms with Crippen LogP contribution in [0.2, 0.25) is 5.15 Å². The lowest BCUT2D eigenvalue weighted by Gasteiger charge is -2.09. The molecule has 5 nitrogen and oxygen atoms in total. The van der Waals surface area contributed by atoms with Crippen LogP contribution in [0.3, 0.4) is 0 Å². The van der Waals surface area contributed by atoms with Crippen LogP contribution in [-0.2, 0) is 0 Å². The van der Waals surface area contributed by atoms with Gasteiger partial charge in [-0.25, -0.2) is 4.98 Å². The minimum Gasteiger partial charge on any atom is -0.397 e. The van der Waals surface area contributed by atoms with E-state index in [-0.39, 0.29) is 16.7 Å². The maximum Gasteiger partial charge on any atom is 0.257 e. The Hall–Kier alpha value is -2.14. The topological polar surface area (TPSA) is 80.9 Å². The van der Waals surface area contributed by atoms with Gasteiger partial charge in [-0.3, -0.25) is 9.78 Å². The number of hydrogen-bond acceptors (Lipinski definition) is 4. The zero-order valence-corrected chi connectivity index (χ0v) is 10.4. The van der Waals surface area contributed by atoms with Gasteiger partial charge in [0, 0.05) is 6.20 Å². The third kappa shape index (κ3) is 2.57. The highest BCUT2D eigenvalue weighted by Crippen LogP contribution is 2.18. The average molecular weight is 263 g/mol. The van der Waals surface area contributed by atoms with Gasteiger partial charge in [-0.05, 0) is 24.6 Å². The lowest BCUT2D eigenvalue weighted by Crippen LogP contribution is -2.15. The first-order valence-corrected chi connectivity index (χ1v) is 5.58. The van der Waals surface area contributed by atoms with Crippen molar-refractivity contribution < 1.29 is 4.79 Å². The van der Waals surface area contributed by atoms with Crippen LogP contribution in [-0.4, -0.2) is 15.9 Å². The number of nitrogens with two attached hydrogens (primary N) is 1. The van der Waals surface area contributed by atoms with Gasteiger partial charge in [-0.1, -0.05) is 11.6 Å². The van der Waals surface area contributed by atoms with Gasteiger partial charge in [0.15, 0.2) is 0 Å². The second-order valence-electron chi connectivity index (χ2n) is 3.74. The van der Waals surface area contributed by atoms with Gasteiger partial charge in [0.05, 0.1) is 29.3 Å². The van der Waals surface area contributed by atoms with E-state index in [0.29, 0.717) is 11.3 Å². The summed E-state index contributed by atoms with van der Waals surface area (Å²) in [6.45, 7) is 1.88. The summed E-state index contributed by atoms with van der Waals surface area (Å²) in [5.41, 5.74) is 7.80. The van der Waals surface area contributed by atoms with Crippen molar-refractivity contribution >= 4 is 28.9 Å². The van der Waals surface area contributed by atoms with E-state index in [1.54, 1.807) is 18.5 Å². The van der Waals surface area contributed by atoms with E-state index >= 15 is 0 Å². The molecule has 0 saturated carbocycles. The molecule has 0 fully saturated rings. The molecule has 0 bridgehead atoms. The lowest BCUT2D eigenvalue weighted by atomic mass is 10.2. The van der Waals surface area contributed by atoms with E-state index < -0.39 is 0 Å². The SMILES string of the molecule is Cc1ccncc1NC(=O)c1cc(Cl)ncc1N. The minimum absolute atomic E-state index is 0.220. The summed E-state index contributed by atoms with van der Waals surface area (Å²) < 4.78 is 0. The highest BCUT2D eigenvalue weighted by molar-refractivity contribution is 6.30. The van der Waals surface area contributed by atoms with Crippen molar-refractivity contribution in [3.8, 4) is 0 Å². The molecule has 3 N–H and O–H groups in total. The molecule has 0 unspecified atom stereocenters. The summed E-state index contributed by atoms with van der Waals surface area (Å²) in [7, 11) is 0. The molecule has 0 atom stereocenters. The number of nitrogens with one attached hydrogen (secondary N) is 1. The Balaban J connectivity index is 2.28. The first-order valence-electron chi connectivity index (χ1n) is 5.21. The van der Waals surface area contributed by atoms with Crippen molar-refractivity contribution in [3.05, 3.63) is 47.0 Å². The molecule has 2 aromatic rings. The van der Waals surface area contributed by atoms with Crippen LogP contribution in [0.4, 0.5) is 11.4 Å². The summed E-state index contributed by atoms with van der Waals surface area (Å²) in [4.78, 5) is 19.8. The van der Waals surface area contributed by atoms with E-state index in [9.17, 15) is 4.79 Å². The van der Waals surface area contributed by atoms with E-state index in [2.05, 4.69) is 15.3 Å². The zero-order valence-electron chi connectivity index (χ0n) is 9.64. The Labute approximate surface area is 109 Å². The van der Waals surface area contributed by atoms with Crippen molar-refractivity contribution in [2.24, 2.45) is 0 Å². The van der Waals surface area contributed by atoms with Crippen molar-refractivity contribution in [3.63, 3.8) is 0 Å². The largest absolute Gasteiger partial charge is 0.397 e. The third-order valence-electron chi connectivity index (χ3n) is 2.43. The molecule has 0 aliphatic heterocycles. The number of nitrogen functional groups attached to an aromatic ring is 1. The fourth-order valence-corrected chi connectivity index (χ4v) is 1.58. The first-order chi connectivity index (χ1) is 8.58. The average Bonchev–Trinajstić information content (AvgIpc) is 2.35. The maximum atomic E-state index is 12.0. The Morgan fingerprint density at radius 1 is 1.44 bits per heavy atom. The van der Waals surface area contributed by atoms with Crippen molar-refractivity contribution in [2.75, 3.05) is 11.1 Å². The van der Waals surface area contributed by atoms with E-state index in [1.165, 1.54) is 12.3 Å². The molecule has 92 valence electrons. The number of carbonyl (C=O) groups excluding carboxylic acids is 1. The number of hydrogen-bond donors (Lipinski definition) is 2. The van der Waals surface area contributed by atoms with E-state index in [0.717, 1.165) is 5.56 Å². The molecule has 0 aliphatic carbocycles.